The van der Waals surface area contributed by atoms with E-state index >= 15 is 0 Å². The first-order chi connectivity index (χ1) is 24.0. The number of carbonyl (C=O) groups is 4. The number of oxime groups is 1. The Bertz CT molecular complexity index is 1940. The highest BCUT2D eigenvalue weighted by Gasteiger charge is 2.62. The molecule has 50 heavy (non-hydrogen) atoms. The maximum atomic E-state index is 14.0. The van der Waals surface area contributed by atoms with Gasteiger partial charge in [0.25, 0.3) is 5.91 Å². The van der Waals surface area contributed by atoms with Crippen LogP contribution in [-0.2, 0) is 38.8 Å². The molecule has 3 amide bonds. The molecule has 6 atom stereocenters. The minimum atomic E-state index is -3.88. The van der Waals surface area contributed by atoms with Gasteiger partial charge in [0.1, 0.15) is 42.4 Å². The number of nitrogens with one attached hydrogen (secondary N) is 3. The van der Waals surface area contributed by atoms with E-state index in [9.17, 15) is 27.6 Å². The van der Waals surface area contributed by atoms with Crippen molar-refractivity contribution in [3.05, 3.63) is 78.4 Å². The number of sulfonamides is 1. The van der Waals surface area contributed by atoms with Gasteiger partial charge in [-0.1, -0.05) is 35.5 Å². The number of esters is 1. The molecule has 0 unspecified atom stereocenters. The van der Waals surface area contributed by atoms with Crippen LogP contribution in [-0.4, -0.2) is 74.0 Å². The van der Waals surface area contributed by atoms with Crippen LogP contribution in [0, 0.1) is 17.8 Å². The van der Waals surface area contributed by atoms with Gasteiger partial charge in [-0.25, -0.2) is 13.2 Å². The van der Waals surface area contributed by atoms with Crippen molar-refractivity contribution in [3.8, 4) is 16.9 Å². The SMILES string of the molecule is C=C[C@H]1C[C@]1(NC(=O)[C@@H]1C[C@@H]2C[C@H]1C(=O)N[C@H](C)C(=O)OC/C=C/COc1ccc3c(c1)/C(=N/O2)c1ccccc1-3)C(=O)NS(=O)(=O)C1CC1. The van der Waals surface area contributed by atoms with E-state index in [0.717, 1.165) is 22.3 Å². The summed E-state index contributed by atoms with van der Waals surface area (Å²) in [5.41, 5.74) is 2.64. The molecular formula is C36H38N4O9S. The molecule has 0 aromatic heterocycles. The van der Waals surface area contributed by atoms with Crippen molar-refractivity contribution in [1.29, 1.82) is 0 Å². The van der Waals surface area contributed by atoms with E-state index in [1.807, 2.05) is 42.5 Å². The van der Waals surface area contributed by atoms with Gasteiger partial charge in [-0.15, -0.1) is 6.58 Å². The number of cyclic esters (lactones) is 1. The molecule has 5 aliphatic rings. The molecule has 0 spiro atoms. The van der Waals surface area contributed by atoms with Crippen molar-refractivity contribution in [1.82, 2.24) is 15.4 Å². The van der Waals surface area contributed by atoms with E-state index in [2.05, 4.69) is 27.1 Å². The van der Waals surface area contributed by atoms with Crippen LogP contribution in [0.2, 0.25) is 0 Å². The van der Waals surface area contributed by atoms with E-state index in [0.29, 0.717) is 24.3 Å². The molecule has 3 N–H and O–H groups in total. The topological polar surface area (TPSA) is 179 Å². The normalized spacial score (nSPS) is 30.6. The van der Waals surface area contributed by atoms with Gasteiger partial charge in [0.05, 0.1) is 17.1 Å². The third-order valence-electron chi connectivity index (χ3n) is 10.0. The average molecular weight is 703 g/mol. The first-order valence-corrected chi connectivity index (χ1v) is 18.3. The zero-order chi connectivity index (χ0) is 35.2. The maximum absolute atomic E-state index is 14.0. The zero-order valence-corrected chi connectivity index (χ0v) is 28.2. The number of fused-ring (bicyclic) bond motifs is 6. The Morgan fingerprint density at radius 1 is 1.00 bits per heavy atom. The predicted molar refractivity (Wildman–Crippen MR) is 181 cm³/mol. The van der Waals surface area contributed by atoms with Crippen LogP contribution in [0.1, 0.15) is 50.2 Å². The first-order valence-electron chi connectivity index (χ1n) is 16.7. The van der Waals surface area contributed by atoms with Gasteiger partial charge >= 0.3 is 5.97 Å². The van der Waals surface area contributed by atoms with Crippen LogP contribution in [0.15, 0.2) is 72.4 Å². The monoisotopic (exact) mass is 702 g/mol. The fourth-order valence-electron chi connectivity index (χ4n) is 6.94. The Morgan fingerprint density at radius 3 is 2.44 bits per heavy atom. The van der Waals surface area contributed by atoms with Gasteiger partial charge in [-0.2, -0.15) is 0 Å². The lowest BCUT2D eigenvalue weighted by Gasteiger charge is -2.24. The number of carbonyl (C=O) groups excluding carboxylic acids is 4. The van der Waals surface area contributed by atoms with E-state index in [1.165, 1.54) is 13.0 Å². The molecule has 3 saturated carbocycles. The Kier molecular flexibility index (Phi) is 8.75. The van der Waals surface area contributed by atoms with Crippen LogP contribution in [0.4, 0.5) is 0 Å². The van der Waals surface area contributed by atoms with Crippen LogP contribution in [0.3, 0.4) is 0 Å². The molecule has 262 valence electrons. The molecule has 2 aromatic carbocycles. The van der Waals surface area contributed by atoms with Gasteiger partial charge in [0.2, 0.25) is 21.8 Å². The Morgan fingerprint density at radius 2 is 1.72 bits per heavy atom. The Balaban J connectivity index is 1.18. The third kappa shape index (κ3) is 6.39. The van der Waals surface area contributed by atoms with Gasteiger partial charge in [0.15, 0.2) is 0 Å². The lowest BCUT2D eigenvalue weighted by Crippen LogP contribution is -2.54. The largest absolute Gasteiger partial charge is 0.490 e. The summed E-state index contributed by atoms with van der Waals surface area (Å²) >= 11 is 0. The van der Waals surface area contributed by atoms with Crippen LogP contribution < -0.4 is 20.1 Å². The van der Waals surface area contributed by atoms with Crippen molar-refractivity contribution in [2.24, 2.45) is 22.9 Å². The quantitative estimate of drug-likeness (QED) is 0.257. The van der Waals surface area contributed by atoms with E-state index in [-0.39, 0.29) is 32.5 Å². The lowest BCUT2D eigenvalue weighted by atomic mass is 9.93. The van der Waals surface area contributed by atoms with Crippen molar-refractivity contribution >= 4 is 39.4 Å². The van der Waals surface area contributed by atoms with Crippen molar-refractivity contribution in [2.75, 3.05) is 13.2 Å². The number of hydrogen-bond donors (Lipinski definition) is 3. The minimum Gasteiger partial charge on any atom is -0.490 e. The molecule has 4 bridgehead atoms. The molecule has 2 aromatic rings. The van der Waals surface area contributed by atoms with Crippen LogP contribution in [0.5, 0.6) is 5.75 Å². The minimum absolute atomic E-state index is 0.0336. The van der Waals surface area contributed by atoms with Gasteiger partial charge in [-0.3, -0.25) is 19.1 Å². The molecule has 0 saturated heterocycles. The summed E-state index contributed by atoms with van der Waals surface area (Å²) in [7, 11) is -3.88. The number of ether oxygens (including phenoxy) is 2. The first kappa shape index (κ1) is 33.5. The molecule has 0 radical (unpaired) electrons. The highest BCUT2D eigenvalue weighted by molar-refractivity contribution is 7.91. The highest BCUT2D eigenvalue weighted by atomic mass is 32.2. The molecule has 3 fully saturated rings. The number of nitrogens with zero attached hydrogens (tertiary/aromatic N) is 1. The summed E-state index contributed by atoms with van der Waals surface area (Å²) in [6.45, 7) is 5.44. The second kappa shape index (κ2) is 13.0. The van der Waals surface area contributed by atoms with E-state index in [4.69, 9.17) is 14.3 Å². The van der Waals surface area contributed by atoms with Crippen LogP contribution >= 0.6 is 0 Å². The fourth-order valence-corrected chi connectivity index (χ4v) is 8.30. The summed E-state index contributed by atoms with van der Waals surface area (Å²) in [5.74, 6) is -4.53. The molecule has 14 heteroatoms. The number of hydrogen-bond acceptors (Lipinski definition) is 10. The molecule has 1 aliphatic heterocycles. The maximum Gasteiger partial charge on any atom is 0.328 e. The van der Waals surface area contributed by atoms with Crippen LogP contribution in [0.25, 0.3) is 11.1 Å². The van der Waals surface area contributed by atoms with Gasteiger partial charge in [-0.05, 0) is 80.5 Å². The van der Waals surface area contributed by atoms with Crippen molar-refractivity contribution < 1.29 is 41.9 Å². The summed E-state index contributed by atoms with van der Waals surface area (Å²) in [5, 5.41) is 9.39. The summed E-state index contributed by atoms with van der Waals surface area (Å²) in [4.78, 5) is 59.9. The number of benzene rings is 2. The Hall–Kier alpha value is -4.98. The molecule has 13 nitrogen and oxygen atoms in total. The Labute approximate surface area is 289 Å². The lowest BCUT2D eigenvalue weighted by molar-refractivity contribution is -0.147. The number of rotatable bonds is 6. The number of amides is 3. The standard InChI is InChI=1S/C36H38N4O9S/c1-3-21-19-36(21,35(44)40-50(45,46)24-11-12-24)38-33(42)30-18-23-17-29(30)32(41)37-20(2)34(43)48-15-7-6-14-47-22-10-13-26-25-8-4-5-9-27(25)31(39-49-23)28(26)16-22/h3-10,13,16,20-21,23-24,29-30H,1,11-12,14-15,17-19H2,2H3,(H,37,41)(H,38,42)(H,40,44)/b7-6+,39-31+/t20-,21+,23+,29-,30-,36-/m1/s1. The summed E-state index contributed by atoms with van der Waals surface area (Å²) in [6, 6.07) is 12.4. The predicted octanol–water partition coefficient (Wildman–Crippen LogP) is 2.50. The van der Waals surface area contributed by atoms with Crippen molar-refractivity contribution in [3.63, 3.8) is 0 Å². The zero-order valence-electron chi connectivity index (χ0n) is 27.4. The third-order valence-corrected chi connectivity index (χ3v) is 11.8. The second-order valence-corrected chi connectivity index (χ2v) is 15.4. The summed E-state index contributed by atoms with van der Waals surface area (Å²) in [6.07, 6.45) is 5.42. The second-order valence-electron chi connectivity index (χ2n) is 13.4. The molecule has 7 rings (SSSR count). The van der Waals surface area contributed by atoms with E-state index in [1.54, 1.807) is 12.2 Å². The summed E-state index contributed by atoms with van der Waals surface area (Å²) < 4.78 is 38.6. The fraction of sp³-hybridized carbons (Fsp3) is 0.417. The molecular weight excluding hydrogens is 664 g/mol. The smallest absolute Gasteiger partial charge is 0.328 e. The van der Waals surface area contributed by atoms with Gasteiger partial charge < -0.3 is 24.9 Å². The van der Waals surface area contributed by atoms with E-state index < -0.39 is 74.4 Å². The average Bonchev–Trinajstić information content (AvgIpc) is 4.01. The van der Waals surface area contributed by atoms with Gasteiger partial charge in [0, 0.05) is 17.0 Å². The highest BCUT2D eigenvalue weighted by Crippen LogP contribution is 2.46. The van der Waals surface area contributed by atoms with Crippen molar-refractivity contribution in [2.45, 2.75) is 62.0 Å². The molecule has 4 aliphatic carbocycles. The molecule has 1 heterocycles.